The zero-order valence-corrected chi connectivity index (χ0v) is 7.97. The first-order chi connectivity index (χ1) is 6.41. The Labute approximate surface area is 80.9 Å². The maximum Gasteiger partial charge on any atom is 0.249 e. The lowest BCUT2D eigenvalue weighted by Gasteiger charge is -2.21. The molecule has 6 nitrogen and oxygen atoms in total. The Balaban J connectivity index is 2.11. The summed E-state index contributed by atoms with van der Waals surface area (Å²) in [4.78, 5) is 10.8. The Morgan fingerprint density at radius 1 is 1.43 bits per heavy atom. The van der Waals surface area contributed by atoms with Crippen LogP contribution in [0.3, 0.4) is 0 Å². The fourth-order valence-corrected chi connectivity index (χ4v) is 1.73. The average Bonchev–Trinajstić information content (AvgIpc) is 2.46. The second kappa shape index (κ2) is 2.90. The minimum Gasteiger partial charge on any atom is -0.387 e. The van der Waals surface area contributed by atoms with Crippen LogP contribution in [-0.2, 0) is 19.0 Å². The fraction of sp³-hybridized carbons (Fsp3) is 0.875. The molecule has 2 heterocycles. The summed E-state index contributed by atoms with van der Waals surface area (Å²) in [5.74, 6) is -1.50. The maximum absolute atomic E-state index is 10.8. The fourth-order valence-electron chi connectivity index (χ4n) is 1.73. The van der Waals surface area contributed by atoms with Crippen molar-refractivity contribution in [2.75, 3.05) is 0 Å². The van der Waals surface area contributed by atoms with Crippen LogP contribution in [0.15, 0.2) is 0 Å². The molecule has 3 N–H and O–H groups in total. The predicted octanol–water partition coefficient (Wildman–Crippen LogP) is -1.29. The molecule has 2 aliphatic rings. The number of rotatable bonds is 1. The largest absolute Gasteiger partial charge is 0.387 e. The van der Waals surface area contributed by atoms with Gasteiger partial charge in [-0.2, -0.15) is 0 Å². The highest BCUT2D eigenvalue weighted by Gasteiger charge is 2.55. The van der Waals surface area contributed by atoms with Crippen LogP contribution >= 0.6 is 0 Å². The molecule has 2 saturated heterocycles. The van der Waals surface area contributed by atoms with Gasteiger partial charge in [0.1, 0.15) is 12.2 Å². The maximum atomic E-state index is 10.8. The van der Waals surface area contributed by atoms with Gasteiger partial charge in [-0.15, -0.1) is 0 Å². The molecule has 0 aliphatic carbocycles. The van der Waals surface area contributed by atoms with Gasteiger partial charge in [-0.1, -0.05) is 0 Å². The first-order valence-electron chi connectivity index (χ1n) is 4.39. The van der Waals surface area contributed by atoms with E-state index >= 15 is 0 Å². The zero-order chi connectivity index (χ0) is 10.5. The van der Waals surface area contributed by atoms with Crippen molar-refractivity contribution in [1.29, 1.82) is 0 Å². The summed E-state index contributed by atoms with van der Waals surface area (Å²) < 4.78 is 15.8. The van der Waals surface area contributed by atoms with Gasteiger partial charge in [-0.25, -0.2) is 0 Å². The molecule has 6 heteroatoms. The van der Waals surface area contributed by atoms with Gasteiger partial charge in [-0.05, 0) is 13.8 Å². The lowest BCUT2D eigenvalue weighted by atomic mass is 10.1. The number of hydrogen-bond acceptors (Lipinski definition) is 5. The Morgan fingerprint density at radius 2 is 2.07 bits per heavy atom. The second-order valence-corrected chi connectivity index (χ2v) is 3.92. The highest BCUT2D eigenvalue weighted by atomic mass is 16.8. The molecular formula is C8H13NO5. The summed E-state index contributed by atoms with van der Waals surface area (Å²) in [6.07, 6.45) is -3.44. The summed E-state index contributed by atoms with van der Waals surface area (Å²) in [6.45, 7) is 3.42. The topological polar surface area (TPSA) is 91.0 Å². The van der Waals surface area contributed by atoms with Crippen molar-refractivity contribution in [3.05, 3.63) is 0 Å². The molecule has 2 fully saturated rings. The molecule has 0 radical (unpaired) electrons. The Bertz CT molecular complexity index is 266. The molecule has 4 atom stereocenters. The monoisotopic (exact) mass is 203 g/mol. The summed E-state index contributed by atoms with van der Waals surface area (Å²) >= 11 is 0. The lowest BCUT2D eigenvalue weighted by Crippen LogP contribution is -2.41. The number of carbonyl (C=O) groups excluding carboxylic acids is 1. The normalized spacial score (nSPS) is 45.1. The van der Waals surface area contributed by atoms with Gasteiger partial charge in [0, 0.05) is 0 Å². The molecule has 2 rings (SSSR count). The van der Waals surface area contributed by atoms with Crippen molar-refractivity contribution in [1.82, 2.24) is 0 Å². The van der Waals surface area contributed by atoms with Gasteiger partial charge in [0.2, 0.25) is 5.91 Å². The van der Waals surface area contributed by atoms with Crippen LogP contribution in [0.5, 0.6) is 0 Å². The highest BCUT2D eigenvalue weighted by molar-refractivity contribution is 5.80. The van der Waals surface area contributed by atoms with Gasteiger partial charge >= 0.3 is 0 Å². The van der Waals surface area contributed by atoms with E-state index in [4.69, 9.17) is 19.9 Å². The minimum atomic E-state index is -1.06. The van der Waals surface area contributed by atoms with Crippen LogP contribution in [0, 0.1) is 0 Å². The number of carbonyl (C=O) groups is 1. The van der Waals surface area contributed by atoms with E-state index in [0.29, 0.717) is 0 Å². The lowest BCUT2D eigenvalue weighted by molar-refractivity contribution is -0.214. The van der Waals surface area contributed by atoms with E-state index < -0.39 is 36.3 Å². The van der Waals surface area contributed by atoms with Crippen LogP contribution in [0.4, 0.5) is 0 Å². The molecule has 0 unspecified atom stereocenters. The molecule has 80 valence electrons. The van der Waals surface area contributed by atoms with Crippen LogP contribution in [0.25, 0.3) is 0 Å². The van der Waals surface area contributed by atoms with Crippen molar-refractivity contribution in [2.24, 2.45) is 5.73 Å². The van der Waals surface area contributed by atoms with Crippen molar-refractivity contribution >= 4 is 5.91 Å². The van der Waals surface area contributed by atoms with Gasteiger partial charge < -0.3 is 25.1 Å². The summed E-state index contributed by atoms with van der Waals surface area (Å²) in [5, 5.41) is 9.63. The zero-order valence-electron chi connectivity index (χ0n) is 7.97. The third-order valence-corrected chi connectivity index (χ3v) is 2.30. The van der Waals surface area contributed by atoms with Crippen molar-refractivity contribution in [3.63, 3.8) is 0 Å². The molecule has 0 aromatic rings. The number of aliphatic hydroxyl groups excluding tert-OH is 1. The molecule has 0 aromatic carbocycles. The predicted molar refractivity (Wildman–Crippen MR) is 43.9 cm³/mol. The van der Waals surface area contributed by atoms with Crippen LogP contribution < -0.4 is 5.73 Å². The van der Waals surface area contributed by atoms with Gasteiger partial charge in [0.05, 0.1) is 0 Å². The Morgan fingerprint density at radius 3 is 2.57 bits per heavy atom. The number of aliphatic hydroxyl groups is 1. The smallest absolute Gasteiger partial charge is 0.249 e. The van der Waals surface area contributed by atoms with Crippen LogP contribution in [0.1, 0.15) is 13.8 Å². The quantitative estimate of drug-likeness (QED) is 0.553. The Hall–Kier alpha value is -0.690. The molecule has 2 aliphatic heterocycles. The van der Waals surface area contributed by atoms with E-state index in [0.717, 1.165) is 0 Å². The van der Waals surface area contributed by atoms with Gasteiger partial charge in [0.25, 0.3) is 0 Å². The summed E-state index contributed by atoms with van der Waals surface area (Å²) in [7, 11) is 0. The average molecular weight is 203 g/mol. The number of ether oxygens (including phenoxy) is 3. The van der Waals surface area contributed by atoms with Gasteiger partial charge in [-0.3, -0.25) is 4.79 Å². The third kappa shape index (κ3) is 1.40. The molecule has 14 heavy (non-hydrogen) atoms. The third-order valence-electron chi connectivity index (χ3n) is 2.30. The van der Waals surface area contributed by atoms with E-state index in [1.807, 2.05) is 0 Å². The second-order valence-electron chi connectivity index (χ2n) is 3.92. The van der Waals surface area contributed by atoms with Crippen molar-refractivity contribution in [3.8, 4) is 0 Å². The molecule has 0 bridgehead atoms. The van der Waals surface area contributed by atoms with Crippen molar-refractivity contribution in [2.45, 2.75) is 44.2 Å². The highest BCUT2D eigenvalue weighted by Crippen LogP contribution is 2.37. The summed E-state index contributed by atoms with van der Waals surface area (Å²) in [6, 6.07) is 0. The molecule has 0 spiro atoms. The minimum absolute atomic E-state index is 0.637. The number of hydrogen-bond donors (Lipinski definition) is 2. The van der Waals surface area contributed by atoms with E-state index in [1.54, 1.807) is 13.8 Å². The van der Waals surface area contributed by atoms with E-state index in [9.17, 15) is 9.90 Å². The molecule has 0 saturated carbocycles. The molecule has 0 aromatic heterocycles. The van der Waals surface area contributed by atoms with E-state index in [-0.39, 0.29) is 0 Å². The molecular weight excluding hydrogens is 190 g/mol. The number of primary amides is 1. The number of nitrogens with two attached hydrogens (primary N) is 1. The van der Waals surface area contributed by atoms with E-state index in [2.05, 4.69) is 0 Å². The van der Waals surface area contributed by atoms with Gasteiger partial charge in [0.15, 0.2) is 18.2 Å². The molecule has 1 amide bonds. The number of amides is 1. The SMILES string of the molecule is CC1(C)O[C@H]2O[C@H](C(N)=O)[C@@H](O)[C@H]2O1. The van der Waals surface area contributed by atoms with E-state index in [1.165, 1.54) is 0 Å². The number of fused-ring (bicyclic) bond motifs is 1. The first kappa shape index (κ1) is 9.85. The first-order valence-corrected chi connectivity index (χ1v) is 4.39. The summed E-state index contributed by atoms with van der Waals surface area (Å²) in [5.41, 5.74) is 5.02. The van der Waals surface area contributed by atoms with Crippen LogP contribution in [0.2, 0.25) is 0 Å². The van der Waals surface area contributed by atoms with Crippen LogP contribution in [-0.4, -0.2) is 41.4 Å². The standard InChI is InChI=1S/C8H13NO5/c1-8(2)13-5-3(10)4(6(9)11)12-7(5)14-8/h3-5,7,10H,1-2H3,(H2,9,11)/t3-,4+,5-,7-/m1/s1. The van der Waals surface area contributed by atoms with Crippen molar-refractivity contribution < 1.29 is 24.1 Å². The Kier molecular flexibility index (Phi) is 2.04.